The summed E-state index contributed by atoms with van der Waals surface area (Å²) in [7, 11) is 0. The molecule has 6 heteroatoms. The summed E-state index contributed by atoms with van der Waals surface area (Å²) >= 11 is 0. The molecule has 0 radical (unpaired) electrons. The molecule has 3 rings (SSSR count). The highest BCUT2D eigenvalue weighted by molar-refractivity contribution is 6.34. The Labute approximate surface area is 123 Å². The molecule has 0 aromatic heterocycles. The van der Waals surface area contributed by atoms with Crippen LogP contribution in [0.4, 0.5) is 0 Å². The van der Waals surface area contributed by atoms with Gasteiger partial charge in [-0.15, -0.1) is 0 Å². The lowest BCUT2D eigenvalue weighted by Gasteiger charge is -2.25. The van der Waals surface area contributed by atoms with E-state index in [0.717, 1.165) is 24.8 Å². The number of amides is 2. The van der Waals surface area contributed by atoms with E-state index in [1.165, 1.54) is 0 Å². The lowest BCUT2D eigenvalue weighted by molar-refractivity contribution is -0.146. The summed E-state index contributed by atoms with van der Waals surface area (Å²) in [6.45, 7) is 1.88. The lowest BCUT2D eigenvalue weighted by atomic mass is 10.1. The summed E-state index contributed by atoms with van der Waals surface area (Å²) in [6.07, 6.45) is 3.07. The Hall–Kier alpha value is -2.24. The Bertz CT molecular complexity index is 553. The minimum Gasteiger partial charge on any atom is -0.454 e. The second-order valence-corrected chi connectivity index (χ2v) is 5.22. The van der Waals surface area contributed by atoms with E-state index in [0.29, 0.717) is 31.1 Å². The van der Waals surface area contributed by atoms with Crippen LogP contribution in [0.5, 0.6) is 11.5 Å². The standard InChI is InChI=1S/C15H18N2O4/c18-14(15(19)17-6-2-1-3-7-17)16-9-11-4-5-12-13(8-11)21-10-20-12/h4-5,8H,1-3,6-7,9-10H2,(H,16,18). The van der Waals surface area contributed by atoms with Crippen molar-refractivity contribution in [2.45, 2.75) is 25.8 Å². The normalized spacial score (nSPS) is 16.7. The number of likely N-dealkylation sites (tertiary alicyclic amines) is 1. The average molecular weight is 290 g/mol. The minimum absolute atomic E-state index is 0.221. The van der Waals surface area contributed by atoms with Crippen LogP contribution in [0.25, 0.3) is 0 Å². The summed E-state index contributed by atoms with van der Waals surface area (Å²) < 4.78 is 10.5. The molecule has 2 heterocycles. The predicted molar refractivity (Wildman–Crippen MR) is 74.8 cm³/mol. The number of carbonyl (C=O) groups is 2. The summed E-state index contributed by atoms with van der Waals surface area (Å²) in [5.41, 5.74) is 0.874. The first-order chi connectivity index (χ1) is 10.2. The second-order valence-electron chi connectivity index (χ2n) is 5.22. The number of nitrogens with zero attached hydrogens (tertiary/aromatic N) is 1. The van der Waals surface area contributed by atoms with Crippen LogP contribution in [0, 0.1) is 0 Å². The van der Waals surface area contributed by atoms with E-state index in [9.17, 15) is 9.59 Å². The Kier molecular flexibility index (Phi) is 3.94. The summed E-state index contributed by atoms with van der Waals surface area (Å²) in [5, 5.41) is 2.66. The minimum atomic E-state index is -0.547. The Morgan fingerprint density at radius 3 is 2.67 bits per heavy atom. The maximum absolute atomic E-state index is 12.0. The van der Waals surface area contributed by atoms with Gasteiger partial charge in [0.15, 0.2) is 11.5 Å². The zero-order valence-corrected chi connectivity index (χ0v) is 11.8. The SMILES string of the molecule is O=C(NCc1ccc2c(c1)OCO2)C(=O)N1CCCCC1. The fraction of sp³-hybridized carbons (Fsp3) is 0.467. The van der Waals surface area contributed by atoms with E-state index in [-0.39, 0.29) is 6.79 Å². The number of hydrogen-bond donors (Lipinski definition) is 1. The van der Waals surface area contributed by atoms with Crippen LogP contribution in [-0.2, 0) is 16.1 Å². The van der Waals surface area contributed by atoms with Crippen LogP contribution in [0.3, 0.4) is 0 Å². The highest BCUT2D eigenvalue weighted by Gasteiger charge is 2.23. The van der Waals surface area contributed by atoms with Gasteiger partial charge >= 0.3 is 11.8 Å². The van der Waals surface area contributed by atoms with E-state index in [4.69, 9.17) is 9.47 Å². The Balaban J connectivity index is 1.54. The lowest BCUT2D eigenvalue weighted by Crippen LogP contribution is -2.44. The Morgan fingerprint density at radius 2 is 1.86 bits per heavy atom. The number of ether oxygens (including phenoxy) is 2. The van der Waals surface area contributed by atoms with Gasteiger partial charge in [0, 0.05) is 19.6 Å². The van der Waals surface area contributed by atoms with Gasteiger partial charge in [-0.3, -0.25) is 9.59 Å². The van der Waals surface area contributed by atoms with Gasteiger partial charge in [-0.2, -0.15) is 0 Å². The van der Waals surface area contributed by atoms with E-state index in [1.807, 2.05) is 12.1 Å². The molecule has 1 N–H and O–H groups in total. The molecule has 2 aliphatic rings. The fourth-order valence-electron chi connectivity index (χ4n) is 2.55. The summed E-state index contributed by atoms with van der Waals surface area (Å²) in [5.74, 6) is 0.392. The molecule has 6 nitrogen and oxygen atoms in total. The van der Waals surface area contributed by atoms with Crippen LogP contribution in [0.15, 0.2) is 18.2 Å². The highest BCUT2D eigenvalue weighted by atomic mass is 16.7. The van der Waals surface area contributed by atoms with Crippen molar-refractivity contribution < 1.29 is 19.1 Å². The molecule has 0 unspecified atom stereocenters. The third-order valence-corrected chi connectivity index (χ3v) is 3.73. The van der Waals surface area contributed by atoms with Gasteiger partial charge in [-0.05, 0) is 37.0 Å². The number of carbonyl (C=O) groups excluding carboxylic acids is 2. The largest absolute Gasteiger partial charge is 0.454 e. The quantitative estimate of drug-likeness (QED) is 0.827. The molecule has 0 bridgehead atoms. The molecule has 0 aliphatic carbocycles. The van der Waals surface area contributed by atoms with Crippen molar-refractivity contribution in [3.63, 3.8) is 0 Å². The van der Waals surface area contributed by atoms with E-state index >= 15 is 0 Å². The molecular weight excluding hydrogens is 272 g/mol. The number of fused-ring (bicyclic) bond motifs is 1. The van der Waals surface area contributed by atoms with Crippen molar-refractivity contribution in [2.24, 2.45) is 0 Å². The molecule has 1 aromatic carbocycles. The van der Waals surface area contributed by atoms with Crippen LogP contribution in [-0.4, -0.2) is 36.6 Å². The van der Waals surface area contributed by atoms with Crippen LogP contribution in [0.2, 0.25) is 0 Å². The number of hydrogen-bond acceptors (Lipinski definition) is 4. The monoisotopic (exact) mass is 290 g/mol. The van der Waals surface area contributed by atoms with Crippen molar-refractivity contribution in [2.75, 3.05) is 19.9 Å². The molecule has 2 aliphatic heterocycles. The zero-order valence-electron chi connectivity index (χ0n) is 11.8. The van der Waals surface area contributed by atoms with Crippen LogP contribution < -0.4 is 14.8 Å². The number of piperidine rings is 1. The molecule has 0 saturated carbocycles. The molecule has 1 aromatic rings. The highest BCUT2D eigenvalue weighted by Crippen LogP contribution is 2.32. The van der Waals surface area contributed by atoms with Crippen molar-refractivity contribution in [3.8, 4) is 11.5 Å². The summed E-state index contributed by atoms with van der Waals surface area (Å²) in [4.78, 5) is 25.5. The molecule has 0 atom stereocenters. The Morgan fingerprint density at radius 1 is 1.10 bits per heavy atom. The van der Waals surface area contributed by atoms with Crippen LogP contribution in [0.1, 0.15) is 24.8 Å². The first-order valence-electron chi connectivity index (χ1n) is 7.20. The third kappa shape index (κ3) is 3.09. The van der Waals surface area contributed by atoms with Gasteiger partial charge in [0.1, 0.15) is 0 Å². The maximum Gasteiger partial charge on any atom is 0.311 e. The van der Waals surface area contributed by atoms with Crippen molar-refractivity contribution in [1.29, 1.82) is 0 Å². The van der Waals surface area contributed by atoms with E-state index in [2.05, 4.69) is 5.32 Å². The number of nitrogens with one attached hydrogen (secondary N) is 1. The topological polar surface area (TPSA) is 67.9 Å². The van der Waals surface area contributed by atoms with Gasteiger partial charge < -0.3 is 19.7 Å². The molecule has 2 amide bonds. The average Bonchev–Trinajstić information content (AvgIpc) is 3.00. The zero-order chi connectivity index (χ0) is 14.7. The van der Waals surface area contributed by atoms with Gasteiger partial charge in [0.05, 0.1) is 0 Å². The molecule has 112 valence electrons. The molecule has 1 fully saturated rings. The van der Waals surface area contributed by atoms with Crippen molar-refractivity contribution in [3.05, 3.63) is 23.8 Å². The van der Waals surface area contributed by atoms with Gasteiger partial charge in [0.25, 0.3) is 0 Å². The molecular formula is C15H18N2O4. The third-order valence-electron chi connectivity index (χ3n) is 3.73. The van der Waals surface area contributed by atoms with Crippen molar-refractivity contribution >= 4 is 11.8 Å². The number of benzene rings is 1. The first kappa shape index (κ1) is 13.7. The van der Waals surface area contributed by atoms with Gasteiger partial charge in [-0.1, -0.05) is 6.07 Å². The molecule has 0 spiro atoms. The van der Waals surface area contributed by atoms with Crippen molar-refractivity contribution in [1.82, 2.24) is 10.2 Å². The van der Waals surface area contributed by atoms with E-state index < -0.39 is 11.8 Å². The smallest absolute Gasteiger partial charge is 0.311 e. The number of rotatable bonds is 2. The molecule has 1 saturated heterocycles. The second kappa shape index (κ2) is 6.03. The van der Waals surface area contributed by atoms with E-state index in [1.54, 1.807) is 11.0 Å². The summed E-state index contributed by atoms with van der Waals surface area (Å²) in [6, 6.07) is 5.46. The van der Waals surface area contributed by atoms with Gasteiger partial charge in [-0.25, -0.2) is 0 Å². The predicted octanol–water partition coefficient (Wildman–Crippen LogP) is 1.04. The first-order valence-corrected chi connectivity index (χ1v) is 7.20. The maximum atomic E-state index is 12.0. The van der Waals surface area contributed by atoms with Crippen LogP contribution >= 0.6 is 0 Å². The van der Waals surface area contributed by atoms with Gasteiger partial charge in [0.2, 0.25) is 6.79 Å². The molecule has 21 heavy (non-hydrogen) atoms. The fourth-order valence-corrected chi connectivity index (χ4v) is 2.55.